The van der Waals surface area contributed by atoms with E-state index < -0.39 is 0 Å². The fourth-order valence-corrected chi connectivity index (χ4v) is 2.97. The van der Waals surface area contributed by atoms with Crippen molar-refractivity contribution in [2.75, 3.05) is 40.0 Å². The van der Waals surface area contributed by atoms with E-state index in [1.807, 2.05) is 6.92 Å². The number of nitrogens with one attached hydrogen (secondary N) is 2. The van der Waals surface area contributed by atoms with Crippen molar-refractivity contribution in [2.45, 2.75) is 32.6 Å². The van der Waals surface area contributed by atoms with Gasteiger partial charge in [0.25, 0.3) is 0 Å². The number of nitrogens with zero attached hydrogens (tertiary/aromatic N) is 1. The summed E-state index contributed by atoms with van der Waals surface area (Å²) in [5.41, 5.74) is 0.302. The van der Waals surface area contributed by atoms with Crippen LogP contribution in [-0.4, -0.2) is 45.9 Å². The highest BCUT2D eigenvalue weighted by Crippen LogP contribution is 2.44. The van der Waals surface area contributed by atoms with Gasteiger partial charge in [0, 0.05) is 32.9 Å². The SMILES string of the molecule is CCNC(=NCC1(CCOC)CCC1)NCCOc1cccc(F)c1. The summed E-state index contributed by atoms with van der Waals surface area (Å²) in [6.45, 7) is 5.51. The van der Waals surface area contributed by atoms with Gasteiger partial charge in [-0.1, -0.05) is 12.5 Å². The van der Waals surface area contributed by atoms with Crippen LogP contribution >= 0.6 is 0 Å². The molecule has 0 aromatic heterocycles. The molecule has 0 spiro atoms. The fraction of sp³-hybridized carbons (Fsp3) is 0.632. The Morgan fingerprint density at radius 1 is 1.28 bits per heavy atom. The van der Waals surface area contributed by atoms with Crippen LogP contribution in [0.1, 0.15) is 32.6 Å². The summed E-state index contributed by atoms with van der Waals surface area (Å²) in [7, 11) is 1.75. The number of methoxy groups -OCH3 is 1. The monoisotopic (exact) mass is 351 g/mol. The largest absolute Gasteiger partial charge is 0.492 e. The number of guanidine groups is 1. The molecule has 1 fully saturated rings. The molecule has 0 aliphatic heterocycles. The van der Waals surface area contributed by atoms with Crippen LogP contribution in [0.25, 0.3) is 0 Å². The molecule has 0 unspecified atom stereocenters. The third-order valence-corrected chi connectivity index (χ3v) is 4.63. The molecule has 0 heterocycles. The molecule has 2 N–H and O–H groups in total. The number of hydrogen-bond acceptors (Lipinski definition) is 3. The summed E-state index contributed by atoms with van der Waals surface area (Å²) in [5, 5.41) is 6.53. The zero-order chi connectivity index (χ0) is 18.0. The Morgan fingerprint density at radius 3 is 2.76 bits per heavy atom. The topological polar surface area (TPSA) is 54.9 Å². The molecule has 0 bridgehead atoms. The van der Waals surface area contributed by atoms with E-state index in [1.54, 1.807) is 19.2 Å². The van der Waals surface area contributed by atoms with Crippen molar-refractivity contribution in [1.82, 2.24) is 10.6 Å². The number of rotatable bonds is 10. The molecule has 25 heavy (non-hydrogen) atoms. The Labute approximate surface area is 150 Å². The standard InChI is InChI=1S/C19H30FN3O2/c1-3-21-18(23-15-19(8-5-9-19)10-12-24-2)22-11-13-25-17-7-4-6-16(20)14-17/h4,6-7,14H,3,5,8-13,15H2,1-2H3,(H2,21,22,23). The molecule has 140 valence electrons. The van der Waals surface area contributed by atoms with Crippen LogP contribution < -0.4 is 15.4 Å². The number of hydrogen-bond donors (Lipinski definition) is 2. The van der Waals surface area contributed by atoms with Crippen molar-refractivity contribution >= 4 is 5.96 Å². The highest BCUT2D eigenvalue weighted by atomic mass is 19.1. The maximum atomic E-state index is 13.1. The lowest BCUT2D eigenvalue weighted by atomic mass is 9.67. The first kappa shape index (κ1) is 19.5. The lowest BCUT2D eigenvalue weighted by Crippen LogP contribution is -2.41. The van der Waals surface area contributed by atoms with E-state index in [-0.39, 0.29) is 5.82 Å². The van der Waals surface area contributed by atoms with Gasteiger partial charge in [-0.25, -0.2) is 4.39 Å². The van der Waals surface area contributed by atoms with Gasteiger partial charge in [0.15, 0.2) is 5.96 Å². The van der Waals surface area contributed by atoms with Crippen LogP contribution in [0.5, 0.6) is 5.75 Å². The maximum absolute atomic E-state index is 13.1. The zero-order valence-corrected chi connectivity index (χ0v) is 15.3. The van der Waals surface area contributed by atoms with E-state index in [1.165, 1.54) is 31.4 Å². The highest BCUT2D eigenvalue weighted by Gasteiger charge is 2.36. The Balaban J connectivity index is 1.77. The van der Waals surface area contributed by atoms with Gasteiger partial charge in [-0.05, 0) is 43.7 Å². The molecule has 0 atom stereocenters. The van der Waals surface area contributed by atoms with Gasteiger partial charge >= 0.3 is 0 Å². The number of benzene rings is 1. The molecule has 1 aliphatic carbocycles. The summed E-state index contributed by atoms with van der Waals surface area (Å²) in [4.78, 5) is 4.74. The van der Waals surface area contributed by atoms with Crippen molar-refractivity contribution in [2.24, 2.45) is 10.4 Å². The lowest BCUT2D eigenvalue weighted by molar-refractivity contribution is 0.0778. The summed E-state index contributed by atoms with van der Waals surface area (Å²) >= 11 is 0. The molecule has 1 aliphatic rings. The second-order valence-electron chi connectivity index (χ2n) is 6.52. The highest BCUT2D eigenvalue weighted by molar-refractivity contribution is 5.79. The van der Waals surface area contributed by atoms with Gasteiger partial charge in [-0.3, -0.25) is 4.99 Å². The summed E-state index contributed by atoms with van der Waals surface area (Å²) in [6, 6.07) is 6.18. The molecule has 0 radical (unpaired) electrons. The van der Waals surface area contributed by atoms with Crippen LogP contribution in [0, 0.1) is 11.2 Å². The van der Waals surface area contributed by atoms with Crippen LogP contribution in [0.15, 0.2) is 29.3 Å². The van der Waals surface area contributed by atoms with Crippen LogP contribution in [-0.2, 0) is 4.74 Å². The number of halogens is 1. The molecule has 0 saturated heterocycles. The van der Waals surface area contributed by atoms with Gasteiger partial charge < -0.3 is 20.1 Å². The first-order valence-corrected chi connectivity index (χ1v) is 9.07. The summed E-state index contributed by atoms with van der Waals surface area (Å²) in [5.74, 6) is 1.05. The third kappa shape index (κ3) is 6.53. The summed E-state index contributed by atoms with van der Waals surface area (Å²) in [6.07, 6.45) is 4.80. The van der Waals surface area contributed by atoms with Crippen molar-refractivity contribution in [3.63, 3.8) is 0 Å². The maximum Gasteiger partial charge on any atom is 0.191 e. The molecule has 1 aromatic carbocycles. The molecule has 1 saturated carbocycles. The van der Waals surface area contributed by atoms with Crippen molar-refractivity contribution in [1.29, 1.82) is 0 Å². The molecular formula is C19H30FN3O2. The zero-order valence-electron chi connectivity index (χ0n) is 15.3. The third-order valence-electron chi connectivity index (χ3n) is 4.63. The minimum atomic E-state index is -0.290. The lowest BCUT2D eigenvalue weighted by Gasteiger charge is -2.40. The number of ether oxygens (including phenoxy) is 2. The Hall–Kier alpha value is -1.82. The van der Waals surface area contributed by atoms with E-state index in [0.717, 1.165) is 32.1 Å². The van der Waals surface area contributed by atoms with E-state index in [4.69, 9.17) is 14.5 Å². The molecule has 2 rings (SSSR count). The molecular weight excluding hydrogens is 321 g/mol. The van der Waals surface area contributed by atoms with Crippen molar-refractivity contribution in [3.8, 4) is 5.75 Å². The minimum absolute atomic E-state index is 0.290. The molecule has 6 heteroatoms. The normalized spacial score (nSPS) is 16.2. The van der Waals surface area contributed by atoms with E-state index in [2.05, 4.69) is 10.6 Å². The molecule has 5 nitrogen and oxygen atoms in total. The first-order chi connectivity index (χ1) is 12.2. The van der Waals surface area contributed by atoms with Gasteiger partial charge in [-0.2, -0.15) is 0 Å². The number of aliphatic imine (C=N–C) groups is 1. The molecule has 1 aromatic rings. The minimum Gasteiger partial charge on any atom is -0.492 e. The second kappa shape index (κ2) is 10.2. The van der Waals surface area contributed by atoms with E-state index in [9.17, 15) is 4.39 Å². The van der Waals surface area contributed by atoms with Crippen LogP contribution in [0.3, 0.4) is 0 Å². The quantitative estimate of drug-likeness (QED) is 0.387. The van der Waals surface area contributed by atoms with Crippen LogP contribution in [0.4, 0.5) is 4.39 Å². The van der Waals surface area contributed by atoms with E-state index in [0.29, 0.717) is 24.3 Å². The van der Waals surface area contributed by atoms with Crippen LogP contribution in [0.2, 0.25) is 0 Å². The fourth-order valence-electron chi connectivity index (χ4n) is 2.97. The van der Waals surface area contributed by atoms with Gasteiger partial charge in [-0.15, -0.1) is 0 Å². The van der Waals surface area contributed by atoms with Crippen molar-refractivity contribution < 1.29 is 13.9 Å². The Kier molecular flexibility index (Phi) is 7.98. The predicted molar refractivity (Wildman–Crippen MR) is 98.7 cm³/mol. The van der Waals surface area contributed by atoms with Gasteiger partial charge in [0.05, 0.1) is 6.54 Å². The Bertz CT molecular complexity index is 547. The van der Waals surface area contributed by atoms with Gasteiger partial charge in [0.2, 0.25) is 0 Å². The predicted octanol–water partition coefficient (Wildman–Crippen LogP) is 2.97. The Morgan fingerprint density at radius 2 is 2.12 bits per heavy atom. The average Bonchev–Trinajstić information content (AvgIpc) is 2.57. The smallest absolute Gasteiger partial charge is 0.191 e. The van der Waals surface area contributed by atoms with E-state index >= 15 is 0 Å². The molecule has 0 amide bonds. The average molecular weight is 351 g/mol. The summed E-state index contributed by atoms with van der Waals surface area (Å²) < 4.78 is 23.9. The first-order valence-electron chi connectivity index (χ1n) is 9.07. The van der Waals surface area contributed by atoms with Crippen molar-refractivity contribution in [3.05, 3.63) is 30.1 Å². The van der Waals surface area contributed by atoms with Gasteiger partial charge in [0.1, 0.15) is 18.2 Å². The second-order valence-corrected chi connectivity index (χ2v) is 6.52.